The third-order valence-corrected chi connectivity index (χ3v) is 3.69. The Morgan fingerprint density at radius 1 is 1.09 bits per heavy atom. The largest absolute Gasteiger partial charge is 0.460 e. The highest BCUT2D eigenvalue weighted by Gasteiger charge is 2.33. The predicted molar refractivity (Wildman–Crippen MR) is 83.8 cm³/mol. The van der Waals surface area contributed by atoms with Gasteiger partial charge in [-0.2, -0.15) is 0 Å². The average Bonchev–Trinajstić information content (AvgIpc) is 2.94. The van der Waals surface area contributed by atoms with Crippen LogP contribution in [0.1, 0.15) is 15.9 Å². The molecule has 1 saturated heterocycles. The second-order valence-electron chi connectivity index (χ2n) is 5.31. The summed E-state index contributed by atoms with van der Waals surface area (Å²) in [6, 6.07) is 18.2. The number of cyclic esters (lactones) is 1. The van der Waals surface area contributed by atoms with Crippen LogP contribution in [0.5, 0.6) is 0 Å². The third-order valence-electron chi connectivity index (χ3n) is 3.69. The van der Waals surface area contributed by atoms with Gasteiger partial charge in [0.15, 0.2) is 0 Å². The molecule has 118 valence electrons. The van der Waals surface area contributed by atoms with E-state index in [-0.39, 0.29) is 25.3 Å². The number of hydrogen-bond acceptors (Lipinski definition) is 4. The molecule has 1 atom stereocenters. The zero-order valence-electron chi connectivity index (χ0n) is 12.6. The minimum Gasteiger partial charge on any atom is -0.460 e. The van der Waals surface area contributed by atoms with E-state index >= 15 is 0 Å². The lowest BCUT2D eigenvalue weighted by molar-refractivity contribution is 0.0414. The average molecular weight is 311 g/mol. The van der Waals surface area contributed by atoms with Crippen LogP contribution in [0.3, 0.4) is 0 Å². The van der Waals surface area contributed by atoms with Crippen LogP contribution in [0.15, 0.2) is 60.7 Å². The molecular weight excluding hydrogens is 294 g/mol. The summed E-state index contributed by atoms with van der Waals surface area (Å²) in [7, 11) is 0. The SMILES string of the molecule is O=C(OC[C@@H]1COC(=O)N1Cc1ccccc1)c1ccccc1. The van der Waals surface area contributed by atoms with Gasteiger partial charge in [0.05, 0.1) is 5.56 Å². The normalized spacial score (nSPS) is 17.0. The first-order chi connectivity index (χ1) is 11.2. The molecule has 23 heavy (non-hydrogen) atoms. The van der Waals surface area contributed by atoms with Crippen molar-refractivity contribution in [3.63, 3.8) is 0 Å². The van der Waals surface area contributed by atoms with Crippen LogP contribution < -0.4 is 0 Å². The van der Waals surface area contributed by atoms with Crippen molar-refractivity contribution in [2.45, 2.75) is 12.6 Å². The molecule has 2 aromatic rings. The molecule has 1 aliphatic heterocycles. The molecule has 5 nitrogen and oxygen atoms in total. The summed E-state index contributed by atoms with van der Waals surface area (Å²) < 4.78 is 10.4. The molecule has 0 saturated carbocycles. The van der Waals surface area contributed by atoms with Crippen LogP contribution >= 0.6 is 0 Å². The topological polar surface area (TPSA) is 55.8 Å². The number of hydrogen-bond donors (Lipinski definition) is 0. The lowest BCUT2D eigenvalue weighted by atomic mass is 10.2. The molecule has 1 heterocycles. The monoisotopic (exact) mass is 311 g/mol. The summed E-state index contributed by atoms with van der Waals surface area (Å²) in [5, 5.41) is 0. The molecule has 5 heteroatoms. The molecular formula is C18H17NO4. The second kappa shape index (κ2) is 6.96. The Hall–Kier alpha value is -2.82. The van der Waals surface area contributed by atoms with Gasteiger partial charge in [0, 0.05) is 6.54 Å². The van der Waals surface area contributed by atoms with Gasteiger partial charge in [-0.3, -0.25) is 4.90 Å². The van der Waals surface area contributed by atoms with Crippen LogP contribution in [0.4, 0.5) is 4.79 Å². The Bertz CT molecular complexity index is 672. The number of ether oxygens (including phenoxy) is 2. The Morgan fingerprint density at radius 2 is 1.74 bits per heavy atom. The maximum Gasteiger partial charge on any atom is 0.410 e. The van der Waals surface area contributed by atoms with E-state index in [1.54, 1.807) is 29.2 Å². The van der Waals surface area contributed by atoms with Gasteiger partial charge in [-0.1, -0.05) is 48.5 Å². The number of carbonyl (C=O) groups excluding carboxylic acids is 2. The van der Waals surface area contributed by atoms with Crippen LogP contribution in [0, 0.1) is 0 Å². The molecule has 0 unspecified atom stereocenters. The van der Waals surface area contributed by atoms with Gasteiger partial charge in [0.1, 0.15) is 19.3 Å². The van der Waals surface area contributed by atoms with E-state index < -0.39 is 5.97 Å². The van der Waals surface area contributed by atoms with E-state index in [2.05, 4.69) is 0 Å². The molecule has 0 spiro atoms. The molecule has 1 aliphatic rings. The predicted octanol–water partition coefficient (Wildman–Crippen LogP) is 2.86. The van der Waals surface area contributed by atoms with Crippen LogP contribution in [-0.4, -0.2) is 36.2 Å². The van der Waals surface area contributed by atoms with Crippen molar-refractivity contribution >= 4 is 12.1 Å². The summed E-state index contributed by atoms with van der Waals surface area (Å²) in [5.74, 6) is -0.399. The molecule has 2 aromatic carbocycles. The molecule has 3 rings (SSSR count). The third kappa shape index (κ3) is 3.69. The van der Waals surface area contributed by atoms with Crippen molar-refractivity contribution in [1.82, 2.24) is 4.90 Å². The highest BCUT2D eigenvalue weighted by atomic mass is 16.6. The second-order valence-corrected chi connectivity index (χ2v) is 5.31. The summed E-state index contributed by atoms with van der Waals surface area (Å²) in [6.45, 7) is 0.785. The minimum absolute atomic E-state index is 0.117. The van der Waals surface area contributed by atoms with Gasteiger partial charge >= 0.3 is 12.1 Å². The van der Waals surface area contributed by atoms with Gasteiger partial charge in [-0.15, -0.1) is 0 Å². The van der Waals surface area contributed by atoms with E-state index in [4.69, 9.17) is 9.47 Å². The maximum absolute atomic E-state index is 12.0. The van der Waals surface area contributed by atoms with E-state index in [1.165, 1.54) is 0 Å². The smallest absolute Gasteiger partial charge is 0.410 e. The molecule has 1 amide bonds. The van der Waals surface area contributed by atoms with Gasteiger partial charge in [0.25, 0.3) is 0 Å². The van der Waals surface area contributed by atoms with Crippen LogP contribution in [0.25, 0.3) is 0 Å². The van der Waals surface area contributed by atoms with Crippen molar-refractivity contribution in [2.75, 3.05) is 13.2 Å². The van der Waals surface area contributed by atoms with Crippen molar-refractivity contribution in [3.05, 3.63) is 71.8 Å². The summed E-state index contributed by atoms with van der Waals surface area (Å²) in [5.41, 5.74) is 1.50. The van der Waals surface area contributed by atoms with Crippen molar-refractivity contribution in [3.8, 4) is 0 Å². The van der Waals surface area contributed by atoms with Crippen LogP contribution in [-0.2, 0) is 16.0 Å². The lowest BCUT2D eigenvalue weighted by Gasteiger charge is -2.21. The van der Waals surface area contributed by atoms with E-state index in [0.717, 1.165) is 5.56 Å². The van der Waals surface area contributed by atoms with Crippen molar-refractivity contribution in [1.29, 1.82) is 0 Å². The summed E-state index contributed by atoms with van der Waals surface area (Å²) in [4.78, 5) is 25.4. The number of esters is 1. The quantitative estimate of drug-likeness (QED) is 0.797. The Labute approximate surface area is 134 Å². The van der Waals surface area contributed by atoms with Crippen LogP contribution in [0.2, 0.25) is 0 Å². The summed E-state index contributed by atoms with van der Waals surface area (Å²) in [6.07, 6.45) is -0.380. The fourth-order valence-electron chi connectivity index (χ4n) is 2.43. The highest BCUT2D eigenvalue weighted by molar-refractivity contribution is 5.89. The lowest BCUT2D eigenvalue weighted by Crippen LogP contribution is -2.37. The van der Waals surface area contributed by atoms with E-state index in [1.807, 2.05) is 36.4 Å². The first-order valence-electron chi connectivity index (χ1n) is 7.43. The minimum atomic E-state index is -0.399. The van der Waals surface area contributed by atoms with Gasteiger partial charge < -0.3 is 9.47 Å². The van der Waals surface area contributed by atoms with Crippen molar-refractivity contribution < 1.29 is 19.1 Å². The van der Waals surface area contributed by atoms with E-state index in [0.29, 0.717) is 12.1 Å². The zero-order chi connectivity index (χ0) is 16.1. The van der Waals surface area contributed by atoms with Gasteiger partial charge in [-0.25, -0.2) is 9.59 Å². The number of carbonyl (C=O) groups is 2. The Morgan fingerprint density at radius 3 is 2.43 bits per heavy atom. The molecule has 0 N–H and O–H groups in total. The fraction of sp³-hybridized carbons (Fsp3) is 0.222. The van der Waals surface area contributed by atoms with E-state index in [9.17, 15) is 9.59 Å². The maximum atomic E-state index is 12.0. The number of nitrogens with zero attached hydrogens (tertiary/aromatic N) is 1. The zero-order valence-corrected chi connectivity index (χ0v) is 12.6. The first kappa shape index (κ1) is 15.1. The highest BCUT2D eigenvalue weighted by Crippen LogP contribution is 2.17. The number of rotatable bonds is 5. The number of benzene rings is 2. The number of amides is 1. The van der Waals surface area contributed by atoms with Crippen molar-refractivity contribution in [2.24, 2.45) is 0 Å². The summed E-state index contributed by atoms with van der Waals surface area (Å²) >= 11 is 0. The molecule has 0 radical (unpaired) electrons. The molecule has 0 bridgehead atoms. The fourth-order valence-corrected chi connectivity index (χ4v) is 2.43. The van der Waals surface area contributed by atoms with Gasteiger partial charge in [-0.05, 0) is 17.7 Å². The molecule has 0 aromatic heterocycles. The molecule has 0 aliphatic carbocycles. The Balaban J connectivity index is 1.60. The molecule has 1 fully saturated rings. The Kier molecular flexibility index (Phi) is 4.57. The van der Waals surface area contributed by atoms with Gasteiger partial charge in [0.2, 0.25) is 0 Å². The first-order valence-corrected chi connectivity index (χ1v) is 7.43. The standard InChI is InChI=1S/C18H17NO4/c20-17(15-9-5-2-6-10-15)22-12-16-13-23-18(21)19(16)11-14-7-3-1-4-8-14/h1-10,16H,11-13H2/t16-/m1/s1.